The Morgan fingerprint density at radius 2 is 1.88 bits per heavy atom. The van der Waals surface area contributed by atoms with Crippen LogP contribution in [0.3, 0.4) is 0 Å². The summed E-state index contributed by atoms with van der Waals surface area (Å²) in [7, 11) is 1.87. The van der Waals surface area contributed by atoms with Gasteiger partial charge in [-0.2, -0.15) is 5.10 Å². The fourth-order valence-electron chi connectivity index (χ4n) is 6.54. The molecule has 3 fully saturated rings. The zero-order valence-corrected chi connectivity index (χ0v) is 20.0. The maximum Gasteiger partial charge on any atom is 0.136 e. The van der Waals surface area contributed by atoms with Crippen molar-refractivity contribution in [2.75, 3.05) is 23.8 Å². The lowest BCUT2D eigenvalue weighted by Crippen LogP contribution is -2.53. The molecule has 7 nitrogen and oxygen atoms in total. The van der Waals surface area contributed by atoms with Gasteiger partial charge >= 0.3 is 0 Å². The molecule has 0 atom stereocenters. The van der Waals surface area contributed by atoms with Crippen molar-refractivity contribution in [2.24, 2.45) is 11.1 Å². The molecular formula is C25H37N7. The van der Waals surface area contributed by atoms with E-state index in [1.807, 2.05) is 14.0 Å². The summed E-state index contributed by atoms with van der Waals surface area (Å²) >= 11 is 0. The Bertz CT molecular complexity index is 1030. The molecule has 2 bridgehead atoms. The number of anilines is 2. The third-order valence-corrected chi connectivity index (χ3v) is 8.34. The number of pyridine rings is 1. The first-order chi connectivity index (χ1) is 15.2. The van der Waals surface area contributed by atoms with E-state index in [1.54, 1.807) is 0 Å². The second-order valence-electron chi connectivity index (χ2n) is 11.2. The topological polar surface area (TPSA) is 95.8 Å². The summed E-state index contributed by atoms with van der Waals surface area (Å²) in [4.78, 5) is 6.97. The Morgan fingerprint density at radius 1 is 1.19 bits per heavy atom. The van der Waals surface area contributed by atoms with Crippen molar-refractivity contribution < 1.29 is 0 Å². The third-order valence-electron chi connectivity index (χ3n) is 8.34. The number of hydrogen-bond acceptors (Lipinski definition) is 6. The summed E-state index contributed by atoms with van der Waals surface area (Å²) < 4.78 is 2.33. The summed E-state index contributed by atoms with van der Waals surface area (Å²) in [5.74, 6) is 0.763. The third kappa shape index (κ3) is 3.41. The van der Waals surface area contributed by atoms with Gasteiger partial charge in [0.15, 0.2) is 0 Å². The van der Waals surface area contributed by atoms with Gasteiger partial charge < -0.3 is 21.4 Å². The molecular weight excluding hydrogens is 398 g/mol. The predicted octanol–water partition coefficient (Wildman–Crippen LogP) is 3.98. The van der Waals surface area contributed by atoms with Gasteiger partial charge in [0, 0.05) is 55.1 Å². The number of nitrogens with two attached hydrogens (primary N) is 1. The standard InChI is InChI=1S/C25H37N7/c1-17-11-20(19(12-26)22(28-4)30-17)31-14-18-13-29-32(21(18)23(2,3)15-31)16-24-5-8-25(27,9-6-24)10-7-24/h11-13,26H,5-10,14-16,27H2,1-4H3,(H,28,30). The van der Waals surface area contributed by atoms with Gasteiger partial charge in [-0.25, -0.2) is 4.98 Å². The first-order valence-electron chi connectivity index (χ1n) is 12.0. The summed E-state index contributed by atoms with van der Waals surface area (Å²) in [6, 6.07) is 2.11. The molecule has 0 amide bonds. The molecule has 3 heterocycles. The van der Waals surface area contributed by atoms with Crippen molar-refractivity contribution in [1.82, 2.24) is 14.8 Å². The molecule has 0 aromatic carbocycles. The second-order valence-corrected chi connectivity index (χ2v) is 11.2. The van der Waals surface area contributed by atoms with Crippen LogP contribution in [-0.2, 0) is 18.5 Å². The van der Waals surface area contributed by atoms with E-state index in [1.165, 1.54) is 36.7 Å². The van der Waals surface area contributed by atoms with Crippen LogP contribution in [0.15, 0.2) is 12.3 Å². The highest BCUT2D eigenvalue weighted by atomic mass is 15.3. The van der Waals surface area contributed by atoms with E-state index in [0.29, 0.717) is 5.41 Å². The van der Waals surface area contributed by atoms with Gasteiger partial charge in [0.25, 0.3) is 0 Å². The van der Waals surface area contributed by atoms with E-state index in [-0.39, 0.29) is 11.0 Å². The molecule has 2 aromatic heterocycles. The van der Waals surface area contributed by atoms with E-state index in [2.05, 4.69) is 46.0 Å². The van der Waals surface area contributed by atoms with Crippen molar-refractivity contribution in [2.45, 2.75) is 83.3 Å². The Hall–Kier alpha value is -2.41. The highest BCUT2D eigenvalue weighted by Gasteiger charge is 2.48. The van der Waals surface area contributed by atoms with Crippen LogP contribution in [0.4, 0.5) is 11.5 Å². The van der Waals surface area contributed by atoms with Crippen molar-refractivity contribution in [1.29, 1.82) is 5.41 Å². The second kappa shape index (κ2) is 7.30. The van der Waals surface area contributed by atoms with E-state index < -0.39 is 0 Å². The SMILES string of the molecule is CNc1nc(C)cc(N2Cc3cnn(CC45CCC(N)(CC4)CC5)c3C(C)(C)C2)c1C=N. The smallest absolute Gasteiger partial charge is 0.136 e. The highest BCUT2D eigenvalue weighted by molar-refractivity contribution is 5.92. The fourth-order valence-corrected chi connectivity index (χ4v) is 6.54. The summed E-state index contributed by atoms with van der Waals surface area (Å²) in [6.45, 7) is 9.39. The van der Waals surface area contributed by atoms with Crippen molar-refractivity contribution >= 4 is 17.7 Å². The normalized spacial score (nSPS) is 28.5. The lowest BCUT2D eigenvalue weighted by atomic mass is 9.57. The maximum absolute atomic E-state index is 8.01. The van der Waals surface area contributed by atoms with E-state index >= 15 is 0 Å². The average Bonchev–Trinajstić information content (AvgIpc) is 3.17. The zero-order valence-electron chi connectivity index (χ0n) is 20.0. The molecule has 4 N–H and O–H groups in total. The summed E-state index contributed by atoms with van der Waals surface area (Å²) in [6.07, 6.45) is 10.7. The molecule has 3 saturated carbocycles. The number of fused-ring (bicyclic) bond motifs is 4. The Balaban J connectivity index is 1.47. The van der Waals surface area contributed by atoms with E-state index in [9.17, 15) is 0 Å². The number of aromatic nitrogens is 3. The highest BCUT2D eigenvalue weighted by Crippen LogP contribution is 2.52. The quantitative estimate of drug-likeness (QED) is 0.618. The van der Waals surface area contributed by atoms with Gasteiger partial charge in [-0.15, -0.1) is 0 Å². The monoisotopic (exact) mass is 435 g/mol. The molecule has 4 aliphatic rings. The molecule has 172 valence electrons. The van der Waals surface area contributed by atoms with Gasteiger partial charge in [-0.3, -0.25) is 4.68 Å². The molecule has 1 aliphatic heterocycles. The van der Waals surface area contributed by atoms with Crippen LogP contribution < -0.4 is 16.0 Å². The Morgan fingerprint density at radius 3 is 2.50 bits per heavy atom. The van der Waals surface area contributed by atoms with E-state index in [0.717, 1.165) is 61.7 Å². The molecule has 6 rings (SSSR count). The Labute approximate surface area is 191 Å². The predicted molar refractivity (Wildman–Crippen MR) is 130 cm³/mol. The van der Waals surface area contributed by atoms with Crippen LogP contribution in [0.25, 0.3) is 0 Å². The van der Waals surface area contributed by atoms with Crippen LogP contribution in [0.5, 0.6) is 0 Å². The van der Waals surface area contributed by atoms with Crippen molar-refractivity contribution in [3.8, 4) is 0 Å². The molecule has 2 aromatic rings. The number of rotatable bonds is 5. The molecule has 7 heteroatoms. The van der Waals surface area contributed by atoms with Crippen LogP contribution in [0.1, 0.15) is 74.9 Å². The molecule has 3 aliphatic carbocycles. The number of nitrogens with one attached hydrogen (secondary N) is 2. The number of hydrogen-bond donors (Lipinski definition) is 3. The van der Waals surface area contributed by atoms with Gasteiger partial charge in [-0.05, 0) is 56.9 Å². The van der Waals surface area contributed by atoms with Crippen molar-refractivity contribution in [3.05, 3.63) is 34.8 Å². The lowest BCUT2D eigenvalue weighted by molar-refractivity contribution is 0.0256. The van der Waals surface area contributed by atoms with Gasteiger partial charge in [0.1, 0.15) is 5.82 Å². The van der Waals surface area contributed by atoms with Crippen LogP contribution in [-0.4, -0.2) is 40.1 Å². The van der Waals surface area contributed by atoms with Gasteiger partial charge in [0.2, 0.25) is 0 Å². The molecule has 0 radical (unpaired) electrons. The minimum atomic E-state index is -0.0437. The molecule has 0 spiro atoms. The molecule has 0 saturated heterocycles. The molecule has 0 unspecified atom stereocenters. The van der Waals surface area contributed by atoms with Gasteiger partial charge in [-0.1, -0.05) is 13.8 Å². The molecule has 32 heavy (non-hydrogen) atoms. The first kappa shape index (κ1) is 21.4. The van der Waals surface area contributed by atoms with E-state index in [4.69, 9.17) is 16.2 Å². The van der Waals surface area contributed by atoms with Crippen LogP contribution in [0, 0.1) is 17.7 Å². The largest absolute Gasteiger partial charge is 0.373 e. The van der Waals surface area contributed by atoms with Gasteiger partial charge in [0.05, 0.1) is 23.1 Å². The van der Waals surface area contributed by atoms with Crippen molar-refractivity contribution in [3.63, 3.8) is 0 Å². The average molecular weight is 436 g/mol. The summed E-state index contributed by atoms with van der Waals surface area (Å²) in [5, 5.41) is 16.1. The lowest BCUT2D eigenvalue weighted by Gasteiger charge is -2.52. The zero-order chi connectivity index (χ0) is 22.7. The Kier molecular flexibility index (Phi) is 4.89. The minimum absolute atomic E-state index is 0.0437. The minimum Gasteiger partial charge on any atom is -0.373 e. The number of nitrogens with zero attached hydrogens (tertiary/aromatic N) is 4. The maximum atomic E-state index is 8.01. The van der Waals surface area contributed by atoms with Crippen LogP contribution >= 0.6 is 0 Å². The first-order valence-corrected chi connectivity index (χ1v) is 12.0. The van der Waals surface area contributed by atoms with Crippen LogP contribution in [0.2, 0.25) is 0 Å². The summed E-state index contributed by atoms with van der Waals surface area (Å²) in [5.41, 5.74) is 12.5. The fraction of sp³-hybridized carbons (Fsp3) is 0.640. The number of aryl methyl sites for hydroxylation is 1.